The number of hydrogen-bond donors (Lipinski definition) is 1. The number of imide groups is 1. The van der Waals surface area contributed by atoms with Gasteiger partial charge in [0.25, 0.3) is 11.1 Å². The zero-order valence-electron chi connectivity index (χ0n) is 11.6. The zero-order valence-corrected chi connectivity index (χ0v) is 12.4. The first-order valence-electron chi connectivity index (χ1n) is 6.35. The van der Waals surface area contributed by atoms with Crippen LogP contribution >= 0.6 is 11.8 Å². The van der Waals surface area contributed by atoms with Gasteiger partial charge in [0.2, 0.25) is 0 Å². The fourth-order valence-corrected chi connectivity index (χ4v) is 2.74. The first-order chi connectivity index (χ1) is 9.52. The number of amides is 2. The highest BCUT2D eigenvalue weighted by Gasteiger charge is 2.34. The molecule has 1 aromatic carbocycles. The average molecular weight is 292 g/mol. The van der Waals surface area contributed by atoms with Crippen molar-refractivity contribution in [1.29, 1.82) is 0 Å². The molecule has 0 spiro atoms. The third-order valence-electron chi connectivity index (χ3n) is 2.96. The minimum absolute atomic E-state index is 0.213. The largest absolute Gasteiger partial charge is 0.378 e. The Labute approximate surface area is 122 Å². The van der Waals surface area contributed by atoms with Crippen LogP contribution in [0, 0.1) is 0 Å². The molecule has 6 heteroatoms. The van der Waals surface area contributed by atoms with E-state index in [4.69, 9.17) is 0 Å². The zero-order chi connectivity index (χ0) is 14.7. The van der Waals surface area contributed by atoms with E-state index in [9.17, 15) is 9.59 Å². The van der Waals surface area contributed by atoms with Crippen molar-refractivity contribution in [2.24, 2.45) is 0 Å². The predicted octanol–water partition coefficient (Wildman–Crippen LogP) is 1.03. The number of thioether (sulfide) groups is 1. The Hall–Kier alpha value is -1.79. The number of anilines is 1. The molecule has 0 unspecified atom stereocenters. The summed E-state index contributed by atoms with van der Waals surface area (Å²) >= 11 is 0.987. The van der Waals surface area contributed by atoms with E-state index in [0.29, 0.717) is 18.0 Å². The van der Waals surface area contributed by atoms with Crippen molar-refractivity contribution in [2.45, 2.75) is 0 Å². The summed E-state index contributed by atoms with van der Waals surface area (Å²) in [5.74, 6) is -0.222. The van der Waals surface area contributed by atoms with Crippen LogP contribution in [0.2, 0.25) is 0 Å². The second kappa shape index (κ2) is 6.11. The van der Waals surface area contributed by atoms with Gasteiger partial charge in [-0.3, -0.25) is 14.5 Å². The highest BCUT2D eigenvalue weighted by molar-refractivity contribution is 8.18. The molecule has 0 bridgehead atoms. The van der Waals surface area contributed by atoms with Crippen LogP contribution in [-0.4, -0.2) is 43.2 Å². The van der Waals surface area contributed by atoms with E-state index in [1.165, 1.54) is 4.90 Å². The molecular weight excluding hydrogens is 274 g/mol. The SMILES string of the molecule is CN(C)c1ccc(/C=C2\SC(=O)N(CC[NH3+])C2=O)cc1. The Bertz CT molecular complexity index is 552. The number of hydrogen-bond acceptors (Lipinski definition) is 4. The second-order valence-electron chi connectivity index (χ2n) is 4.67. The lowest BCUT2D eigenvalue weighted by Crippen LogP contribution is -2.55. The van der Waals surface area contributed by atoms with Crippen LogP contribution in [0.15, 0.2) is 29.2 Å². The van der Waals surface area contributed by atoms with E-state index in [0.717, 1.165) is 23.0 Å². The third-order valence-corrected chi connectivity index (χ3v) is 3.87. The van der Waals surface area contributed by atoms with Crippen molar-refractivity contribution in [3.8, 4) is 0 Å². The molecular formula is C14H18N3O2S+. The van der Waals surface area contributed by atoms with Gasteiger partial charge in [0.1, 0.15) is 0 Å². The van der Waals surface area contributed by atoms with Crippen LogP contribution in [-0.2, 0) is 4.79 Å². The predicted molar refractivity (Wildman–Crippen MR) is 81.2 cm³/mol. The average Bonchev–Trinajstić information content (AvgIpc) is 2.67. The van der Waals surface area contributed by atoms with Crippen molar-refractivity contribution in [2.75, 3.05) is 32.1 Å². The lowest BCUT2D eigenvalue weighted by atomic mass is 10.2. The molecule has 1 fully saturated rings. The first kappa shape index (κ1) is 14.6. The monoisotopic (exact) mass is 292 g/mol. The van der Waals surface area contributed by atoms with Crippen molar-refractivity contribution >= 4 is 34.7 Å². The van der Waals surface area contributed by atoms with E-state index in [1.807, 2.05) is 43.3 Å². The molecule has 0 saturated carbocycles. The highest BCUT2D eigenvalue weighted by Crippen LogP contribution is 2.31. The normalized spacial score (nSPS) is 17.1. The Morgan fingerprint density at radius 2 is 1.90 bits per heavy atom. The van der Waals surface area contributed by atoms with Gasteiger partial charge in [0.15, 0.2) is 0 Å². The molecule has 0 aliphatic carbocycles. The Balaban J connectivity index is 2.19. The van der Waals surface area contributed by atoms with Crippen molar-refractivity contribution in [3.63, 3.8) is 0 Å². The Kier molecular flexibility index (Phi) is 4.46. The molecule has 5 nitrogen and oxygen atoms in total. The van der Waals surface area contributed by atoms with E-state index in [2.05, 4.69) is 5.73 Å². The van der Waals surface area contributed by atoms with Gasteiger partial charge in [-0.1, -0.05) is 12.1 Å². The van der Waals surface area contributed by atoms with Gasteiger partial charge in [-0.05, 0) is 35.5 Å². The van der Waals surface area contributed by atoms with Gasteiger partial charge in [-0.15, -0.1) is 0 Å². The highest BCUT2D eigenvalue weighted by atomic mass is 32.2. The molecule has 2 rings (SSSR count). The minimum atomic E-state index is -0.222. The van der Waals surface area contributed by atoms with E-state index in [-0.39, 0.29) is 11.1 Å². The van der Waals surface area contributed by atoms with Gasteiger partial charge in [0.05, 0.1) is 18.0 Å². The van der Waals surface area contributed by atoms with E-state index in [1.54, 1.807) is 6.08 Å². The number of nitrogens with zero attached hydrogens (tertiary/aromatic N) is 2. The molecule has 0 aromatic heterocycles. The molecule has 1 aliphatic heterocycles. The maximum Gasteiger partial charge on any atom is 0.293 e. The third kappa shape index (κ3) is 3.02. The standard InChI is InChI=1S/C14H17N3O2S/c1-16(2)11-5-3-10(4-6-11)9-12-13(18)17(8-7-15)14(19)20-12/h3-6,9H,7-8,15H2,1-2H3/p+1/b12-9-. The van der Waals surface area contributed by atoms with Crippen LogP contribution < -0.4 is 10.6 Å². The van der Waals surface area contributed by atoms with Gasteiger partial charge in [0, 0.05) is 19.8 Å². The summed E-state index contributed by atoms with van der Waals surface area (Å²) < 4.78 is 0. The quantitative estimate of drug-likeness (QED) is 0.842. The Morgan fingerprint density at radius 3 is 2.45 bits per heavy atom. The topological polar surface area (TPSA) is 68.3 Å². The first-order valence-corrected chi connectivity index (χ1v) is 7.16. The number of benzene rings is 1. The summed E-state index contributed by atoms with van der Waals surface area (Å²) in [6.45, 7) is 0.907. The second-order valence-corrected chi connectivity index (χ2v) is 5.67. The molecule has 2 amide bonds. The van der Waals surface area contributed by atoms with Crippen LogP contribution in [0.4, 0.5) is 10.5 Å². The van der Waals surface area contributed by atoms with Crippen molar-refractivity contribution in [1.82, 2.24) is 4.90 Å². The van der Waals surface area contributed by atoms with Gasteiger partial charge >= 0.3 is 0 Å². The smallest absolute Gasteiger partial charge is 0.293 e. The lowest BCUT2D eigenvalue weighted by Gasteiger charge is -2.11. The fraction of sp³-hybridized carbons (Fsp3) is 0.286. The van der Waals surface area contributed by atoms with Gasteiger partial charge in [-0.25, -0.2) is 0 Å². The van der Waals surface area contributed by atoms with Gasteiger partial charge < -0.3 is 10.6 Å². The van der Waals surface area contributed by atoms with Crippen LogP contribution in [0.5, 0.6) is 0 Å². The van der Waals surface area contributed by atoms with Crippen molar-refractivity contribution in [3.05, 3.63) is 34.7 Å². The number of carbonyl (C=O) groups is 2. The molecule has 1 aliphatic rings. The van der Waals surface area contributed by atoms with Crippen LogP contribution in [0.1, 0.15) is 5.56 Å². The molecule has 20 heavy (non-hydrogen) atoms. The number of rotatable bonds is 4. The maximum absolute atomic E-state index is 12.1. The van der Waals surface area contributed by atoms with Crippen LogP contribution in [0.3, 0.4) is 0 Å². The van der Waals surface area contributed by atoms with Gasteiger partial charge in [-0.2, -0.15) is 0 Å². The van der Waals surface area contributed by atoms with Crippen molar-refractivity contribution < 1.29 is 15.3 Å². The lowest BCUT2D eigenvalue weighted by molar-refractivity contribution is -0.367. The van der Waals surface area contributed by atoms with E-state index < -0.39 is 0 Å². The molecule has 106 valence electrons. The molecule has 0 radical (unpaired) electrons. The molecule has 1 saturated heterocycles. The number of carbonyl (C=O) groups excluding carboxylic acids is 2. The summed E-state index contributed by atoms with van der Waals surface area (Å²) in [4.78, 5) is 27.5. The Morgan fingerprint density at radius 1 is 1.25 bits per heavy atom. The molecule has 3 N–H and O–H groups in total. The fourth-order valence-electron chi connectivity index (χ4n) is 1.87. The maximum atomic E-state index is 12.1. The summed E-state index contributed by atoms with van der Waals surface area (Å²) in [6.07, 6.45) is 1.76. The number of quaternary nitrogens is 1. The summed E-state index contributed by atoms with van der Waals surface area (Å²) in [5.41, 5.74) is 5.68. The molecule has 1 aromatic rings. The molecule has 1 heterocycles. The summed E-state index contributed by atoms with van der Waals surface area (Å²) in [6, 6.07) is 7.83. The minimum Gasteiger partial charge on any atom is -0.378 e. The van der Waals surface area contributed by atoms with E-state index >= 15 is 0 Å². The summed E-state index contributed by atoms with van der Waals surface area (Å²) in [5, 5.41) is -0.213. The molecule has 0 atom stereocenters. The van der Waals surface area contributed by atoms with Crippen LogP contribution in [0.25, 0.3) is 6.08 Å². The summed E-state index contributed by atoms with van der Waals surface area (Å²) in [7, 11) is 3.94.